The Hall–Kier alpha value is -1.48. The number of hydrogen-bond acceptors (Lipinski definition) is 3. The molecule has 154 valence electrons. The van der Waals surface area contributed by atoms with Gasteiger partial charge in [-0.15, -0.1) is 24.0 Å². The molecule has 8 heteroatoms. The zero-order chi connectivity index (χ0) is 19.2. The summed E-state index contributed by atoms with van der Waals surface area (Å²) >= 11 is 6.17. The predicted octanol–water partition coefficient (Wildman–Crippen LogP) is 4.08. The first-order valence-electron chi connectivity index (χ1n) is 9.42. The number of benzene rings is 1. The summed E-state index contributed by atoms with van der Waals surface area (Å²) in [6.07, 6.45) is 6.87. The average Bonchev–Trinajstić information content (AvgIpc) is 3.20. The topological polar surface area (TPSA) is 54.7 Å². The van der Waals surface area contributed by atoms with Crippen LogP contribution in [0.2, 0.25) is 5.02 Å². The van der Waals surface area contributed by atoms with Crippen molar-refractivity contribution >= 4 is 41.5 Å². The van der Waals surface area contributed by atoms with Gasteiger partial charge in [0.1, 0.15) is 11.9 Å². The summed E-state index contributed by atoms with van der Waals surface area (Å²) in [5, 5.41) is 4.07. The normalized spacial score (nSPS) is 21.0. The van der Waals surface area contributed by atoms with Gasteiger partial charge in [0.25, 0.3) is 0 Å². The molecule has 2 heterocycles. The van der Waals surface area contributed by atoms with Gasteiger partial charge in [-0.1, -0.05) is 30.7 Å². The van der Waals surface area contributed by atoms with Crippen LogP contribution >= 0.6 is 35.6 Å². The third-order valence-corrected chi connectivity index (χ3v) is 5.36. The number of ether oxygens (including phenoxy) is 1. The summed E-state index contributed by atoms with van der Waals surface area (Å²) in [4.78, 5) is 11.0. The van der Waals surface area contributed by atoms with Crippen LogP contribution in [0.15, 0.2) is 48.0 Å². The maximum absolute atomic E-state index is 6.17. The van der Waals surface area contributed by atoms with Gasteiger partial charge in [0, 0.05) is 32.5 Å². The molecule has 1 aromatic carbocycles. The highest BCUT2D eigenvalue weighted by atomic mass is 127. The van der Waals surface area contributed by atoms with Gasteiger partial charge in [0.05, 0.1) is 23.9 Å². The number of nitrogens with one attached hydrogen (secondary N) is 1. The molecule has 28 heavy (non-hydrogen) atoms. The van der Waals surface area contributed by atoms with Gasteiger partial charge in [0.2, 0.25) is 0 Å². The van der Waals surface area contributed by atoms with E-state index in [1.54, 1.807) is 0 Å². The number of hydrogen-bond donors (Lipinski definition) is 1. The Kier molecular flexibility index (Phi) is 8.88. The molecule has 0 bridgehead atoms. The standard InChI is InChI=1S/C20H28ClN5O.HI/c1-15-8-10-25(13-18(15)26-11-9-23-14-26)20(22-3)24-12-16(2)27-19-7-5-4-6-17(19)21;/h4-7,9,11,14-16,18H,8,10,12-13H2,1-3H3,(H,22,24);1H. The first-order chi connectivity index (χ1) is 13.1. The van der Waals surface area contributed by atoms with Crippen molar-refractivity contribution in [2.45, 2.75) is 32.4 Å². The summed E-state index contributed by atoms with van der Waals surface area (Å²) in [5.74, 6) is 2.22. The van der Waals surface area contributed by atoms with E-state index >= 15 is 0 Å². The summed E-state index contributed by atoms with van der Waals surface area (Å²) in [7, 11) is 1.83. The summed E-state index contributed by atoms with van der Waals surface area (Å²) < 4.78 is 8.15. The number of guanidine groups is 1. The monoisotopic (exact) mass is 517 g/mol. The quantitative estimate of drug-likeness (QED) is 0.369. The van der Waals surface area contributed by atoms with Crippen LogP contribution in [0.1, 0.15) is 26.3 Å². The molecule has 2 aromatic rings. The Morgan fingerprint density at radius 2 is 2.21 bits per heavy atom. The second-order valence-corrected chi connectivity index (χ2v) is 7.48. The predicted molar refractivity (Wildman–Crippen MR) is 125 cm³/mol. The molecule has 0 radical (unpaired) electrons. The van der Waals surface area contributed by atoms with Crippen LogP contribution in [0, 0.1) is 5.92 Å². The van der Waals surface area contributed by atoms with Crippen molar-refractivity contribution in [2.24, 2.45) is 10.9 Å². The minimum absolute atomic E-state index is 0. The van der Waals surface area contributed by atoms with Gasteiger partial charge in [-0.25, -0.2) is 4.98 Å². The van der Waals surface area contributed by atoms with Crippen molar-refractivity contribution in [2.75, 3.05) is 26.7 Å². The fraction of sp³-hybridized carbons (Fsp3) is 0.500. The lowest BCUT2D eigenvalue weighted by atomic mass is 9.93. The minimum atomic E-state index is -0.0326. The van der Waals surface area contributed by atoms with Crippen LogP contribution in [0.3, 0.4) is 0 Å². The molecule has 0 saturated carbocycles. The zero-order valence-corrected chi connectivity index (χ0v) is 19.7. The van der Waals surface area contributed by atoms with Gasteiger partial charge in [-0.05, 0) is 31.4 Å². The molecule has 1 saturated heterocycles. The number of piperidine rings is 1. The van der Waals surface area contributed by atoms with E-state index in [1.807, 2.05) is 57.0 Å². The van der Waals surface area contributed by atoms with Crippen LogP contribution in [0.5, 0.6) is 5.75 Å². The van der Waals surface area contributed by atoms with Gasteiger partial charge < -0.3 is 19.5 Å². The molecule has 0 spiro atoms. The highest BCUT2D eigenvalue weighted by Gasteiger charge is 2.29. The largest absolute Gasteiger partial charge is 0.487 e. The molecule has 1 aromatic heterocycles. The number of para-hydroxylation sites is 1. The van der Waals surface area contributed by atoms with Crippen LogP contribution in [-0.2, 0) is 0 Å². The van der Waals surface area contributed by atoms with Crippen LogP contribution < -0.4 is 10.1 Å². The van der Waals surface area contributed by atoms with E-state index in [-0.39, 0.29) is 30.1 Å². The summed E-state index contributed by atoms with van der Waals surface area (Å²) in [5.41, 5.74) is 0. The maximum atomic E-state index is 6.17. The van der Waals surface area contributed by atoms with Gasteiger partial charge in [-0.3, -0.25) is 4.99 Å². The Morgan fingerprint density at radius 3 is 2.89 bits per heavy atom. The van der Waals surface area contributed by atoms with Crippen molar-refractivity contribution in [1.29, 1.82) is 0 Å². The van der Waals surface area contributed by atoms with E-state index in [1.165, 1.54) is 0 Å². The van der Waals surface area contributed by atoms with Crippen molar-refractivity contribution in [3.63, 3.8) is 0 Å². The number of imidazole rings is 1. The van der Waals surface area contributed by atoms with E-state index < -0.39 is 0 Å². The maximum Gasteiger partial charge on any atom is 0.193 e. The van der Waals surface area contributed by atoms with Crippen molar-refractivity contribution < 1.29 is 4.74 Å². The summed E-state index contributed by atoms with van der Waals surface area (Å²) in [6, 6.07) is 7.94. The molecule has 3 rings (SSSR count). The smallest absolute Gasteiger partial charge is 0.193 e. The van der Waals surface area contributed by atoms with Crippen LogP contribution in [0.25, 0.3) is 0 Å². The lowest BCUT2D eigenvalue weighted by Crippen LogP contribution is -2.50. The number of likely N-dealkylation sites (tertiary alicyclic amines) is 1. The van der Waals surface area contributed by atoms with Gasteiger partial charge in [-0.2, -0.15) is 0 Å². The van der Waals surface area contributed by atoms with E-state index in [0.717, 1.165) is 25.5 Å². The van der Waals surface area contributed by atoms with E-state index in [0.29, 0.717) is 29.3 Å². The number of rotatable bonds is 5. The Morgan fingerprint density at radius 1 is 1.43 bits per heavy atom. The van der Waals surface area contributed by atoms with Crippen LogP contribution in [-0.4, -0.2) is 53.2 Å². The lowest BCUT2D eigenvalue weighted by Gasteiger charge is -2.39. The minimum Gasteiger partial charge on any atom is -0.487 e. The second-order valence-electron chi connectivity index (χ2n) is 7.08. The SMILES string of the molecule is CN=C(NCC(C)Oc1ccccc1Cl)N1CCC(C)C(n2ccnc2)C1.I. The molecule has 0 amide bonds. The van der Waals surface area contributed by atoms with Gasteiger partial charge in [0.15, 0.2) is 5.96 Å². The highest BCUT2D eigenvalue weighted by Crippen LogP contribution is 2.27. The van der Waals surface area contributed by atoms with Gasteiger partial charge >= 0.3 is 0 Å². The molecule has 3 unspecified atom stereocenters. The molecule has 0 aliphatic carbocycles. The Balaban J connectivity index is 0.00000280. The molecule has 1 fully saturated rings. The first-order valence-corrected chi connectivity index (χ1v) is 9.80. The molecule has 6 nitrogen and oxygen atoms in total. The molecular formula is C20H29ClIN5O. The molecule has 1 aliphatic heterocycles. The molecule has 3 atom stereocenters. The fourth-order valence-corrected chi connectivity index (χ4v) is 3.64. The van der Waals surface area contributed by atoms with E-state index in [9.17, 15) is 0 Å². The first kappa shape index (κ1) is 22.8. The average molecular weight is 518 g/mol. The van der Waals surface area contributed by atoms with Crippen LogP contribution in [0.4, 0.5) is 0 Å². The third kappa shape index (κ3) is 5.76. The van der Waals surface area contributed by atoms with Crippen molar-refractivity contribution in [1.82, 2.24) is 19.8 Å². The highest BCUT2D eigenvalue weighted by molar-refractivity contribution is 14.0. The Labute approximate surface area is 189 Å². The number of halogens is 2. The fourth-order valence-electron chi connectivity index (χ4n) is 3.46. The molecule has 1 N–H and O–H groups in total. The zero-order valence-electron chi connectivity index (χ0n) is 16.6. The molecular weight excluding hydrogens is 489 g/mol. The Bertz CT molecular complexity index is 755. The lowest BCUT2D eigenvalue weighted by molar-refractivity contribution is 0.184. The number of aliphatic imine (C=N–C) groups is 1. The third-order valence-electron chi connectivity index (χ3n) is 5.05. The van der Waals surface area contributed by atoms with Crippen molar-refractivity contribution in [3.05, 3.63) is 48.0 Å². The number of aromatic nitrogens is 2. The number of nitrogens with zero attached hydrogens (tertiary/aromatic N) is 4. The summed E-state index contributed by atoms with van der Waals surface area (Å²) in [6.45, 7) is 6.89. The van der Waals surface area contributed by atoms with Crippen molar-refractivity contribution in [3.8, 4) is 5.75 Å². The molecule has 1 aliphatic rings. The van der Waals surface area contributed by atoms with E-state index in [4.69, 9.17) is 16.3 Å². The van der Waals surface area contributed by atoms with E-state index in [2.05, 4.69) is 31.7 Å². The second kappa shape index (κ2) is 10.9.